The molecule has 26 heavy (non-hydrogen) atoms. The Morgan fingerprint density at radius 1 is 1.12 bits per heavy atom. The van der Waals surface area contributed by atoms with Crippen molar-refractivity contribution in [3.63, 3.8) is 0 Å². The van der Waals surface area contributed by atoms with Crippen LogP contribution in [0.1, 0.15) is 31.7 Å². The van der Waals surface area contributed by atoms with Gasteiger partial charge in [0.25, 0.3) is 0 Å². The van der Waals surface area contributed by atoms with Crippen molar-refractivity contribution in [1.82, 2.24) is 9.88 Å². The molecule has 2 aromatic rings. The first-order valence-electron chi connectivity index (χ1n) is 9.14. The summed E-state index contributed by atoms with van der Waals surface area (Å²) in [7, 11) is 0. The lowest BCUT2D eigenvalue weighted by molar-refractivity contribution is -0.116. The Bertz CT molecular complexity index is 879. The number of anilines is 2. The number of rotatable bonds is 4. The second-order valence-electron chi connectivity index (χ2n) is 6.89. The fourth-order valence-electron chi connectivity index (χ4n) is 3.94. The number of ketones is 1. The van der Waals surface area contributed by atoms with Crippen LogP contribution in [0.5, 0.6) is 0 Å². The van der Waals surface area contributed by atoms with Crippen LogP contribution in [0, 0.1) is 0 Å². The van der Waals surface area contributed by atoms with Crippen LogP contribution in [-0.4, -0.2) is 28.8 Å². The van der Waals surface area contributed by atoms with Crippen LogP contribution < -0.4 is 4.90 Å². The Hall–Kier alpha value is -2.88. The van der Waals surface area contributed by atoms with Crippen molar-refractivity contribution >= 4 is 22.9 Å². The van der Waals surface area contributed by atoms with Gasteiger partial charge in [0.2, 0.25) is 0 Å². The number of carbonyl (C=O) groups is 1. The predicted octanol–water partition coefficient (Wildman–Crippen LogP) is 4.53. The highest BCUT2D eigenvalue weighted by Gasteiger charge is 2.33. The molecule has 1 aromatic heterocycles. The lowest BCUT2D eigenvalue weighted by Gasteiger charge is -2.38. The van der Waals surface area contributed by atoms with Crippen LogP contribution in [0.15, 0.2) is 66.6 Å². The fraction of sp³-hybridized carbons (Fsp3) is 0.273. The van der Waals surface area contributed by atoms with E-state index in [1.807, 2.05) is 24.3 Å². The van der Waals surface area contributed by atoms with Gasteiger partial charge in [0.1, 0.15) is 11.6 Å². The lowest BCUT2D eigenvalue weighted by Crippen LogP contribution is -2.32. The van der Waals surface area contributed by atoms with E-state index in [0.717, 1.165) is 47.1 Å². The highest BCUT2D eigenvalue weighted by atomic mass is 16.1. The standard InChI is InChI=1S/C22H23N3O/c1-16(26)15-20-19-11-8-12-23-22(19)25(18-9-4-3-5-10-18)17(2)21(20)24-13-6-7-14-24/h3-5,8-12H,2,6-7,13-15H2,1H3. The van der Waals surface area contributed by atoms with Crippen molar-refractivity contribution in [1.29, 1.82) is 0 Å². The van der Waals surface area contributed by atoms with E-state index in [2.05, 4.69) is 39.6 Å². The number of allylic oxidation sites excluding steroid dienone is 1. The van der Waals surface area contributed by atoms with Gasteiger partial charge in [0.15, 0.2) is 0 Å². The number of carbonyl (C=O) groups excluding carboxylic acids is 1. The number of Topliss-reactive ketones (excluding diaryl/α,β-unsaturated/α-hetero) is 1. The summed E-state index contributed by atoms with van der Waals surface area (Å²) in [4.78, 5) is 21.2. The lowest BCUT2D eigenvalue weighted by atomic mass is 9.92. The third kappa shape index (κ3) is 2.81. The predicted molar refractivity (Wildman–Crippen MR) is 105 cm³/mol. The van der Waals surface area contributed by atoms with Crippen LogP contribution in [-0.2, 0) is 4.79 Å². The first-order chi connectivity index (χ1) is 12.7. The summed E-state index contributed by atoms with van der Waals surface area (Å²) in [6.45, 7) is 8.10. The van der Waals surface area contributed by atoms with E-state index in [9.17, 15) is 4.79 Å². The number of hydrogen-bond acceptors (Lipinski definition) is 4. The topological polar surface area (TPSA) is 36.4 Å². The van der Waals surface area contributed by atoms with Crippen molar-refractivity contribution < 1.29 is 4.79 Å². The van der Waals surface area contributed by atoms with Crippen LogP contribution >= 0.6 is 0 Å². The van der Waals surface area contributed by atoms with Gasteiger partial charge >= 0.3 is 0 Å². The molecule has 0 unspecified atom stereocenters. The molecule has 4 nitrogen and oxygen atoms in total. The smallest absolute Gasteiger partial charge is 0.145 e. The summed E-state index contributed by atoms with van der Waals surface area (Å²) < 4.78 is 0. The third-order valence-corrected chi connectivity index (χ3v) is 5.02. The molecule has 4 heteroatoms. The summed E-state index contributed by atoms with van der Waals surface area (Å²) in [6, 6.07) is 14.2. The Balaban J connectivity index is 1.93. The van der Waals surface area contributed by atoms with Crippen molar-refractivity contribution in [2.24, 2.45) is 0 Å². The summed E-state index contributed by atoms with van der Waals surface area (Å²) in [6.07, 6.45) is 4.56. The van der Waals surface area contributed by atoms with Gasteiger partial charge in [0.05, 0.1) is 11.4 Å². The Kier molecular flexibility index (Phi) is 4.33. The molecular weight excluding hydrogens is 322 g/mol. The number of para-hydroxylation sites is 1. The molecule has 0 spiro atoms. The molecule has 0 saturated carbocycles. The first-order valence-corrected chi connectivity index (χ1v) is 9.14. The zero-order valence-electron chi connectivity index (χ0n) is 15.1. The zero-order valence-corrected chi connectivity index (χ0v) is 15.1. The minimum atomic E-state index is 0.160. The van der Waals surface area contributed by atoms with Crippen molar-refractivity contribution in [2.45, 2.75) is 26.2 Å². The van der Waals surface area contributed by atoms with Gasteiger partial charge in [-0.1, -0.05) is 24.8 Å². The molecule has 2 aliphatic rings. The molecule has 1 fully saturated rings. The number of aromatic nitrogens is 1. The number of hydrogen-bond donors (Lipinski definition) is 0. The van der Waals surface area contributed by atoms with Gasteiger partial charge < -0.3 is 4.90 Å². The van der Waals surface area contributed by atoms with Gasteiger partial charge in [-0.2, -0.15) is 0 Å². The Labute approximate surface area is 154 Å². The molecular formula is C22H23N3O. The van der Waals surface area contributed by atoms with E-state index >= 15 is 0 Å². The number of benzene rings is 1. The average Bonchev–Trinajstić information content (AvgIpc) is 3.16. The van der Waals surface area contributed by atoms with E-state index in [1.54, 1.807) is 13.1 Å². The van der Waals surface area contributed by atoms with E-state index in [0.29, 0.717) is 6.42 Å². The molecule has 3 heterocycles. The Morgan fingerprint density at radius 3 is 2.54 bits per heavy atom. The quantitative estimate of drug-likeness (QED) is 0.815. The van der Waals surface area contributed by atoms with Crippen LogP contribution in [0.3, 0.4) is 0 Å². The highest BCUT2D eigenvalue weighted by molar-refractivity contribution is 5.96. The molecule has 1 saturated heterocycles. The number of likely N-dealkylation sites (tertiary alicyclic amines) is 1. The summed E-state index contributed by atoms with van der Waals surface area (Å²) in [5.41, 5.74) is 5.12. The first kappa shape index (κ1) is 16.6. The highest BCUT2D eigenvalue weighted by Crippen LogP contribution is 2.45. The van der Waals surface area contributed by atoms with E-state index in [-0.39, 0.29) is 5.78 Å². The third-order valence-electron chi connectivity index (χ3n) is 5.02. The number of nitrogens with zero attached hydrogens (tertiary/aromatic N) is 3. The molecule has 4 rings (SSSR count). The normalized spacial score (nSPS) is 16.9. The zero-order chi connectivity index (χ0) is 18.1. The maximum Gasteiger partial charge on any atom is 0.145 e. The summed E-state index contributed by atoms with van der Waals surface area (Å²) in [5.74, 6) is 1.01. The van der Waals surface area contributed by atoms with E-state index in [1.165, 1.54) is 12.8 Å². The van der Waals surface area contributed by atoms with Gasteiger partial charge in [-0.25, -0.2) is 4.98 Å². The molecule has 0 bridgehead atoms. The average molecular weight is 345 g/mol. The summed E-state index contributed by atoms with van der Waals surface area (Å²) in [5, 5.41) is 0. The molecule has 0 N–H and O–H groups in total. The molecule has 0 radical (unpaired) electrons. The van der Waals surface area contributed by atoms with Gasteiger partial charge in [0, 0.05) is 37.0 Å². The molecule has 132 valence electrons. The Morgan fingerprint density at radius 2 is 1.85 bits per heavy atom. The van der Waals surface area contributed by atoms with Crippen LogP contribution in [0.4, 0.5) is 11.5 Å². The molecule has 2 aliphatic heterocycles. The minimum absolute atomic E-state index is 0.160. The molecule has 0 aliphatic carbocycles. The van der Waals surface area contributed by atoms with Crippen molar-refractivity contribution in [3.8, 4) is 0 Å². The monoisotopic (exact) mass is 345 g/mol. The van der Waals surface area contributed by atoms with Crippen molar-refractivity contribution in [3.05, 3.63) is 72.2 Å². The SMILES string of the molecule is C=C1C(N2CCCC2)=C(CC(C)=O)c2cccnc2N1c1ccccc1. The fourth-order valence-corrected chi connectivity index (χ4v) is 3.94. The van der Waals surface area contributed by atoms with E-state index < -0.39 is 0 Å². The molecule has 1 aromatic carbocycles. The minimum Gasteiger partial charge on any atom is -0.370 e. The van der Waals surface area contributed by atoms with Gasteiger partial charge in [-0.15, -0.1) is 0 Å². The molecule has 0 atom stereocenters. The number of pyridine rings is 1. The maximum atomic E-state index is 12.0. The maximum absolute atomic E-state index is 12.0. The van der Waals surface area contributed by atoms with Gasteiger partial charge in [-0.3, -0.25) is 9.69 Å². The van der Waals surface area contributed by atoms with Crippen molar-refractivity contribution in [2.75, 3.05) is 18.0 Å². The largest absolute Gasteiger partial charge is 0.370 e. The second-order valence-corrected chi connectivity index (χ2v) is 6.89. The van der Waals surface area contributed by atoms with Crippen LogP contribution in [0.25, 0.3) is 5.57 Å². The molecule has 0 amide bonds. The number of fused-ring (bicyclic) bond motifs is 1. The van der Waals surface area contributed by atoms with E-state index in [4.69, 9.17) is 0 Å². The van der Waals surface area contributed by atoms with Gasteiger partial charge in [-0.05, 0) is 49.6 Å². The second kappa shape index (κ2) is 6.79. The van der Waals surface area contributed by atoms with Crippen LogP contribution in [0.2, 0.25) is 0 Å². The summed E-state index contributed by atoms with van der Waals surface area (Å²) >= 11 is 0.